The number of carbonyl (C=O) groups excluding carboxylic acids is 1. The first kappa shape index (κ1) is 21.7. The van der Waals surface area contributed by atoms with Crippen LogP contribution in [0.15, 0.2) is 40.9 Å². The normalized spacial score (nSPS) is 19.2. The number of aliphatic hydroxyl groups excluding tert-OH is 1. The van der Waals surface area contributed by atoms with E-state index in [2.05, 4.69) is 31.4 Å². The van der Waals surface area contributed by atoms with Crippen LogP contribution in [0.2, 0.25) is 0 Å². The maximum atomic E-state index is 13.5. The van der Waals surface area contributed by atoms with E-state index in [-0.39, 0.29) is 18.6 Å². The van der Waals surface area contributed by atoms with E-state index in [1.165, 1.54) is 4.90 Å². The molecular weight excluding hydrogens is 492 g/mol. The van der Waals surface area contributed by atoms with E-state index < -0.39 is 11.7 Å². The molecule has 1 aromatic heterocycles. The van der Waals surface area contributed by atoms with Crippen molar-refractivity contribution in [3.8, 4) is 5.75 Å². The number of aromatic amines is 1. The number of aromatic nitrogens is 2. The molecule has 2 aliphatic heterocycles. The molecule has 3 heterocycles. The van der Waals surface area contributed by atoms with E-state index in [0.717, 1.165) is 5.56 Å². The fraction of sp³-hybridized carbons (Fsp3) is 0.348. The van der Waals surface area contributed by atoms with Crippen molar-refractivity contribution in [2.24, 2.45) is 0 Å². The Kier molecular flexibility index (Phi) is 5.49. The minimum absolute atomic E-state index is 0.230. The number of carboxylic acid groups (broad SMARTS) is 1. The van der Waals surface area contributed by atoms with Gasteiger partial charge >= 0.3 is 6.09 Å². The Bertz CT molecular complexity index is 1230. The summed E-state index contributed by atoms with van der Waals surface area (Å²) in [5, 5.41) is 29.7. The number of hydrogen-bond donors (Lipinski definition) is 4. The lowest BCUT2D eigenvalue weighted by atomic mass is 9.80. The second-order valence-electron chi connectivity index (χ2n) is 8.50. The predicted molar refractivity (Wildman–Crippen MR) is 123 cm³/mol. The van der Waals surface area contributed by atoms with E-state index >= 15 is 0 Å². The summed E-state index contributed by atoms with van der Waals surface area (Å²) in [5.41, 5.74) is 1.79. The number of halogens is 1. The highest BCUT2D eigenvalue weighted by molar-refractivity contribution is 9.10. The standard InChI is InChI=1S/C23H23BrN4O5/c24-15-6-5-14-17(12-29)26-27-20(14)19(15)21(30)25-16-11-23(7-9-28(10-8-23)22(31)32)33-18-4-2-1-3-13(16)18/h1-6,16,29H,7-12H2,(H,25,30)(H,26,27)(H,31,32)/t16-/m0/s1. The van der Waals surface area contributed by atoms with Gasteiger partial charge in [-0.05, 0) is 34.1 Å². The number of ether oxygens (including phenoxy) is 1. The number of nitrogens with zero attached hydrogens (tertiary/aromatic N) is 2. The monoisotopic (exact) mass is 514 g/mol. The molecule has 4 N–H and O–H groups in total. The van der Waals surface area contributed by atoms with Gasteiger partial charge in [-0.25, -0.2) is 4.79 Å². The van der Waals surface area contributed by atoms with Crippen LogP contribution in [-0.4, -0.2) is 56.0 Å². The number of nitrogens with one attached hydrogen (secondary N) is 2. The zero-order valence-corrected chi connectivity index (χ0v) is 19.3. The second-order valence-corrected chi connectivity index (χ2v) is 9.35. The molecule has 1 atom stereocenters. The number of rotatable bonds is 3. The number of likely N-dealkylation sites (tertiary alicyclic amines) is 1. The molecule has 0 bridgehead atoms. The van der Waals surface area contributed by atoms with Gasteiger partial charge in [-0.2, -0.15) is 5.10 Å². The van der Waals surface area contributed by atoms with Gasteiger partial charge in [-0.3, -0.25) is 9.89 Å². The van der Waals surface area contributed by atoms with Crippen molar-refractivity contribution in [3.63, 3.8) is 0 Å². The van der Waals surface area contributed by atoms with Crippen LogP contribution in [0.25, 0.3) is 10.9 Å². The van der Waals surface area contributed by atoms with E-state index in [1.54, 1.807) is 12.1 Å². The molecule has 172 valence electrons. The summed E-state index contributed by atoms with van der Waals surface area (Å²) in [6.07, 6.45) is 0.729. The Labute approximate surface area is 197 Å². The summed E-state index contributed by atoms with van der Waals surface area (Å²) in [6, 6.07) is 10.9. The van der Waals surface area contributed by atoms with E-state index in [1.807, 2.05) is 24.3 Å². The summed E-state index contributed by atoms with van der Waals surface area (Å²) in [6.45, 7) is 0.550. The van der Waals surface area contributed by atoms with Crippen LogP contribution in [-0.2, 0) is 6.61 Å². The van der Waals surface area contributed by atoms with Gasteiger partial charge in [0.25, 0.3) is 5.91 Å². The summed E-state index contributed by atoms with van der Waals surface area (Å²) in [7, 11) is 0. The van der Waals surface area contributed by atoms with Crippen molar-refractivity contribution in [2.45, 2.75) is 37.5 Å². The smallest absolute Gasteiger partial charge is 0.407 e. The Morgan fingerprint density at radius 3 is 2.73 bits per heavy atom. The first-order valence-electron chi connectivity index (χ1n) is 10.7. The molecule has 1 fully saturated rings. The molecule has 2 aromatic carbocycles. The highest BCUT2D eigenvalue weighted by atomic mass is 79.9. The average Bonchev–Trinajstić information content (AvgIpc) is 3.22. The summed E-state index contributed by atoms with van der Waals surface area (Å²) >= 11 is 3.48. The molecule has 1 spiro atoms. The first-order valence-corrected chi connectivity index (χ1v) is 11.5. The molecule has 10 heteroatoms. The minimum atomic E-state index is -0.925. The largest absolute Gasteiger partial charge is 0.487 e. The molecule has 33 heavy (non-hydrogen) atoms. The van der Waals surface area contributed by atoms with Crippen molar-refractivity contribution in [2.75, 3.05) is 13.1 Å². The van der Waals surface area contributed by atoms with Gasteiger partial charge in [-0.15, -0.1) is 0 Å². The maximum absolute atomic E-state index is 13.5. The van der Waals surface area contributed by atoms with Crippen LogP contribution in [0.3, 0.4) is 0 Å². The Hall–Kier alpha value is -3.11. The lowest BCUT2D eigenvalue weighted by Crippen LogP contribution is -2.53. The Balaban J connectivity index is 1.46. The van der Waals surface area contributed by atoms with Crippen molar-refractivity contribution in [1.82, 2.24) is 20.4 Å². The third kappa shape index (κ3) is 3.83. The number of piperidine rings is 1. The van der Waals surface area contributed by atoms with Gasteiger partial charge in [0.15, 0.2) is 0 Å². The van der Waals surface area contributed by atoms with Crippen LogP contribution in [0.4, 0.5) is 4.79 Å². The molecule has 0 unspecified atom stereocenters. The lowest BCUT2D eigenvalue weighted by Gasteiger charge is -2.46. The topological polar surface area (TPSA) is 128 Å². The Morgan fingerprint density at radius 1 is 1.24 bits per heavy atom. The van der Waals surface area contributed by atoms with E-state index in [4.69, 9.17) is 4.74 Å². The molecular formula is C23H23BrN4O5. The van der Waals surface area contributed by atoms with Crippen LogP contribution in [0.5, 0.6) is 5.75 Å². The second kappa shape index (κ2) is 8.35. The number of benzene rings is 2. The third-order valence-corrected chi connectivity index (χ3v) is 7.25. The molecule has 1 saturated heterocycles. The highest BCUT2D eigenvalue weighted by Crippen LogP contribution is 2.44. The minimum Gasteiger partial charge on any atom is -0.487 e. The average molecular weight is 515 g/mol. The van der Waals surface area contributed by atoms with Crippen LogP contribution in [0.1, 0.15) is 46.9 Å². The predicted octanol–water partition coefficient (Wildman–Crippen LogP) is 3.58. The molecule has 9 nitrogen and oxygen atoms in total. The number of hydrogen-bond acceptors (Lipinski definition) is 5. The molecule has 0 radical (unpaired) electrons. The van der Waals surface area contributed by atoms with Gasteiger partial charge in [0.2, 0.25) is 0 Å². The number of para-hydroxylation sites is 1. The van der Waals surface area contributed by atoms with Crippen LogP contribution in [0, 0.1) is 0 Å². The first-order chi connectivity index (χ1) is 15.9. The summed E-state index contributed by atoms with van der Waals surface area (Å²) in [4.78, 5) is 26.2. The van der Waals surface area contributed by atoms with Gasteiger partial charge in [0.1, 0.15) is 11.4 Å². The summed E-state index contributed by atoms with van der Waals surface area (Å²) < 4.78 is 7.01. The quantitative estimate of drug-likeness (QED) is 0.422. The zero-order valence-electron chi connectivity index (χ0n) is 17.7. The molecule has 0 aliphatic carbocycles. The SMILES string of the molecule is O=C(N[C@H]1CC2(CCN(C(=O)O)CC2)Oc2ccccc21)c1c(Br)ccc2c(CO)n[nH]c12. The lowest BCUT2D eigenvalue weighted by molar-refractivity contribution is -0.0205. The molecule has 0 saturated carbocycles. The highest BCUT2D eigenvalue weighted by Gasteiger charge is 2.44. The van der Waals surface area contributed by atoms with Gasteiger partial charge in [0, 0.05) is 47.8 Å². The van der Waals surface area contributed by atoms with Gasteiger partial charge in [-0.1, -0.05) is 18.2 Å². The number of H-pyrrole nitrogens is 1. The number of fused-ring (bicyclic) bond motifs is 2. The van der Waals surface area contributed by atoms with Crippen molar-refractivity contribution in [3.05, 3.63) is 57.7 Å². The number of amides is 2. The fourth-order valence-corrected chi connectivity index (χ4v) is 5.36. The third-order valence-electron chi connectivity index (χ3n) is 6.59. The molecule has 2 aliphatic rings. The van der Waals surface area contributed by atoms with Crippen molar-refractivity contribution in [1.29, 1.82) is 0 Å². The fourth-order valence-electron chi connectivity index (χ4n) is 4.85. The van der Waals surface area contributed by atoms with Crippen LogP contribution < -0.4 is 10.1 Å². The zero-order chi connectivity index (χ0) is 23.2. The molecule has 3 aromatic rings. The van der Waals surface area contributed by atoms with E-state index in [0.29, 0.717) is 64.7 Å². The van der Waals surface area contributed by atoms with Gasteiger partial charge < -0.3 is 25.2 Å². The number of aliphatic hydroxyl groups is 1. The molecule has 2 amide bonds. The Morgan fingerprint density at radius 2 is 2.00 bits per heavy atom. The van der Waals surface area contributed by atoms with Crippen molar-refractivity contribution < 1.29 is 24.5 Å². The maximum Gasteiger partial charge on any atom is 0.407 e. The summed E-state index contributed by atoms with van der Waals surface area (Å²) in [5.74, 6) is 0.430. The number of carbonyl (C=O) groups is 2. The molecule has 5 rings (SSSR count). The van der Waals surface area contributed by atoms with Crippen molar-refractivity contribution >= 4 is 38.8 Å². The van der Waals surface area contributed by atoms with Crippen LogP contribution >= 0.6 is 15.9 Å². The van der Waals surface area contributed by atoms with Gasteiger partial charge in [0.05, 0.1) is 29.4 Å². The van der Waals surface area contributed by atoms with E-state index in [9.17, 15) is 19.8 Å².